The van der Waals surface area contributed by atoms with E-state index < -0.39 is 5.41 Å². The Kier molecular flexibility index (Phi) is 6.42. The van der Waals surface area contributed by atoms with Crippen LogP contribution in [-0.4, -0.2) is 9.97 Å². The van der Waals surface area contributed by atoms with E-state index in [0.717, 1.165) is 60.9 Å². The van der Waals surface area contributed by atoms with Crippen LogP contribution in [0.5, 0.6) is 11.5 Å². The van der Waals surface area contributed by atoms with Crippen LogP contribution in [0.1, 0.15) is 22.3 Å². The number of ether oxygens (including phenoxy) is 1. The molecule has 3 nitrogen and oxygen atoms in total. The van der Waals surface area contributed by atoms with Gasteiger partial charge in [0.25, 0.3) is 0 Å². The third-order valence-corrected chi connectivity index (χ3v) is 12.7. The fourth-order valence-electron chi connectivity index (χ4n) is 9.18. The molecule has 1 aliphatic heterocycles. The van der Waals surface area contributed by atoms with Crippen LogP contribution in [0.3, 0.4) is 0 Å². The van der Waals surface area contributed by atoms with Gasteiger partial charge in [0.05, 0.1) is 21.3 Å². The van der Waals surface area contributed by atoms with Crippen molar-refractivity contribution in [1.29, 1.82) is 0 Å². The molecule has 0 radical (unpaired) electrons. The smallest absolute Gasteiger partial charge is 0.160 e. The molecule has 55 heavy (non-hydrogen) atoms. The lowest BCUT2D eigenvalue weighted by Crippen LogP contribution is -2.32. The zero-order chi connectivity index (χ0) is 36.1. The van der Waals surface area contributed by atoms with Gasteiger partial charge in [-0.3, -0.25) is 0 Å². The minimum Gasteiger partial charge on any atom is -0.457 e. The van der Waals surface area contributed by atoms with Crippen molar-refractivity contribution in [3.8, 4) is 56.4 Å². The summed E-state index contributed by atoms with van der Waals surface area (Å²) in [5, 5.41) is 3.62. The van der Waals surface area contributed by atoms with E-state index in [9.17, 15) is 0 Å². The highest BCUT2D eigenvalue weighted by Gasteiger charge is 2.51. The number of rotatable bonds is 3. The van der Waals surface area contributed by atoms with Gasteiger partial charge in [-0.25, -0.2) is 9.97 Å². The first-order valence-electron chi connectivity index (χ1n) is 18.7. The molecule has 0 N–H and O–H groups in total. The summed E-state index contributed by atoms with van der Waals surface area (Å²) in [5.74, 6) is 2.51. The predicted molar refractivity (Wildman–Crippen MR) is 226 cm³/mol. The summed E-state index contributed by atoms with van der Waals surface area (Å²) in [5.41, 5.74) is 13.1. The highest BCUT2D eigenvalue weighted by atomic mass is 32.1. The number of aromatic nitrogens is 2. The Labute approximate surface area is 321 Å². The van der Waals surface area contributed by atoms with E-state index in [2.05, 4.69) is 182 Å². The van der Waals surface area contributed by atoms with Crippen molar-refractivity contribution < 1.29 is 4.74 Å². The standard InChI is InChI=1S/C51H30N2OS/c1-2-12-31(13-3-1)32-22-24-34(25-23-32)50-52-47(49-48(53-50)37-16-6-11-21-45(37)55-49)35-27-28-39-38(30-35)46-36-15-5-4-14-33(36)26-29-42(46)51(39)40-17-7-9-19-43(40)54-44-20-10-8-18-41(44)51/h1-30H. The molecule has 0 atom stereocenters. The zero-order valence-corrected chi connectivity index (χ0v) is 30.3. The van der Waals surface area contributed by atoms with Crippen LogP contribution >= 0.6 is 11.3 Å². The van der Waals surface area contributed by atoms with E-state index in [1.165, 1.54) is 48.9 Å². The third kappa shape index (κ3) is 4.31. The van der Waals surface area contributed by atoms with Crippen LogP contribution in [0, 0.1) is 0 Å². The van der Waals surface area contributed by atoms with Crippen LogP contribution in [0.25, 0.3) is 76.0 Å². The van der Waals surface area contributed by atoms with E-state index in [-0.39, 0.29) is 0 Å². The van der Waals surface area contributed by atoms with Gasteiger partial charge < -0.3 is 4.74 Å². The number of benzene rings is 8. The first-order chi connectivity index (χ1) is 27.3. The average Bonchev–Trinajstić information content (AvgIpc) is 3.78. The predicted octanol–water partition coefficient (Wildman–Crippen LogP) is 13.5. The Bertz CT molecular complexity index is 3140. The Balaban J connectivity index is 1.14. The van der Waals surface area contributed by atoms with Crippen LogP contribution < -0.4 is 4.74 Å². The third-order valence-electron chi connectivity index (χ3n) is 11.6. The lowest BCUT2D eigenvalue weighted by atomic mass is 9.66. The van der Waals surface area contributed by atoms with E-state index in [4.69, 9.17) is 14.7 Å². The lowest BCUT2D eigenvalue weighted by Gasteiger charge is -2.39. The van der Waals surface area contributed by atoms with Gasteiger partial charge in [0.15, 0.2) is 5.82 Å². The number of hydrogen-bond donors (Lipinski definition) is 0. The van der Waals surface area contributed by atoms with Gasteiger partial charge >= 0.3 is 0 Å². The number of nitrogens with zero attached hydrogens (tertiary/aromatic N) is 2. The average molecular weight is 719 g/mol. The molecule has 256 valence electrons. The van der Waals surface area contributed by atoms with Gasteiger partial charge in [0, 0.05) is 32.3 Å². The van der Waals surface area contributed by atoms with Gasteiger partial charge in [-0.2, -0.15) is 0 Å². The maximum absolute atomic E-state index is 6.62. The van der Waals surface area contributed by atoms with Crippen molar-refractivity contribution in [2.45, 2.75) is 5.41 Å². The molecule has 12 rings (SSSR count). The van der Waals surface area contributed by atoms with Crippen molar-refractivity contribution in [1.82, 2.24) is 9.97 Å². The van der Waals surface area contributed by atoms with Crippen LogP contribution in [0.15, 0.2) is 182 Å². The quantitative estimate of drug-likeness (QED) is 0.182. The molecule has 1 spiro atoms. The van der Waals surface area contributed by atoms with E-state index in [1.54, 1.807) is 11.3 Å². The van der Waals surface area contributed by atoms with E-state index in [0.29, 0.717) is 0 Å². The summed E-state index contributed by atoms with van der Waals surface area (Å²) >= 11 is 1.77. The Morgan fingerprint density at radius 1 is 0.455 bits per heavy atom. The Morgan fingerprint density at radius 2 is 1.07 bits per heavy atom. The van der Waals surface area contributed by atoms with Crippen molar-refractivity contribution in [2.24, 2.45) is 0 Å². The Hall–Kier alpha value is -6.88. The second kappa shape index (κ2) is 11.6. The van der Waals surface area contributed by atoms with Crippen LogP contribution in [0.4, 0.5) is 0 Å². The molecule has 10 aromatic rings. The molecule has 8 aromatic carbocycles. The summed E-state index contributed by atoms with van der Waals surface area (Å²) in [6, 6.07) is 65.3. The van der Waals surface area contributed by atoms with Gasteiger partial charge in [0.1, 0.15) is 11.5 Å². The monoisotopic (exact) mass is 718 g/mol. The molecule has 0 saturated carbocycles. The molecule has 0 amide bonds. The molecule has 0 saturated heterocycles. The number of hydrogen-bond acceptors (Lipinski definition) is 4. The SMILES string of the molecule is c1ccc(-c2ccc(-c3nc(-c4ccc5c(c4)-c4c(ccc6ccccc46)C54c5ccccc5Oc5ccccc54)c4sc5ccccc5c4n3)cc2)cc1. The van der Waals surface area contributed by atoms with Crippen LogP contribution in [0.2, 0.25) is 0 Å². The molecule has 0 bridgehead atoms. The second-order valence-corrected chi connectivity index (χ2v) is 15.5. The fraction of sp³-hybridized carbons (Fsp3) is 0.0196. The van der Waals surface area contributed by atoms with E-state index in [1.807, 2.05) is 0 Å². The summed E-state index contributed by atoms with van der Waals surface area (Å²) < 4.78 is 8.92. The molecule has 3 heterocycles. The molecule has 0 unspecified atom stereocenters. The highest BCUT2D eigenvalue weighted by Crippen LogP contribution is 2.63. The van der Waals surface area contributed by atoms with Gasteiger partial charge in [0.2, 0.25) is 0 Å². The van der Waals surface area contributed by atoms with Gasteiger partial charge in [-0.1, -0.05) is 158 Å². The van der Waals surface area contributed by atoms with Gasteiger partial charge in [-0.05, 0) is 68.4 Å². The summed E-state index contributed by atoms with van der Waals surface area (Å²) in [4.78, 5) is 10.7. The van der Waals surface area contributed by atoms with Gasteiger partial charge in [-0.15, -0.1) is 11.3 Å². The zero-order valence-electron chi connectivity index (χ0n) is 29.5. The minimum absolute atomic E-state index is 0.553. The largest absolute Gasteiger partial charge is 0.457 e. The molecule has 2 aliphatic rings. The van der Waals surface area contributed by atoms with Crippen molar-refractivity contribution in [2.75, 3.05) is 0 Å². The van der Waals surface area contributed by atoms with Crippen molar-refractivity contribution >= 4 is 42.4 Å². The maximum Gasteiger partial charge on any atom is 0.160 e. The molecule has 2 aromatic heterocycles. The molecular weight excluding hydrogens is 689 g/mol. The van der Waals surface area contributed by atoms with Crippen molar-refractivity contribution in [3.05, 3.63) is 204 Å². The highest BCUT2D eigenvalue weighted by molar-refractivity contribution is 7.26. The Morgan fingerprint density at radius 3 is 1.87 bits per heavy atom. The van der Waals surface area contributed by atoms with Crippen molar-refractivity contribution in [3.63, 3.8) is 0 Å². The number of thiophene rings is 1. The minimum atomic E-state index is -0.553. The fourth-order valence-corrected chi connectivity index (χ4v) is 10.3. The first kappa shape index (κ1) is 30.6. The van der Waals surface area contributed by atoms with Crippen LogP contribution in [-0.2, 0) is 5.41 Å². The topological polar surface area (TPSA) is 35.0 Å². The summed E-state index contributed by atoms with van der Waals surface area (Å²) in [6.45, 7) is 0. The first-order valence-corrected chi connectivity index (χ1v) is 19.5. The number of fused-ring (bicyclic) bond motifs is 14. The summed E-state index contributed by atoms with van der Waals surface area (Å²) in [6.07, 6.45) is 0. The maximum atomic E-state index is 6.62. The lowest BCUT2D eigenvalue weighted by molar-refractivity contribution is 0.436. The molecule has 0 fully saturated rings. The normalized spacial score (nSPS) is 13.4. The molecule has 1 aliphatic carbocycles. The number of para-hydroxylation sites is 2. The molecular formula is C51H30N2OS. The second-order valence-electron chi connectivity index (χ2n) is 14.4. The summed E-state index contributed by atoms with van der Waals surface area (Å²) in [7, 11) is 0. The van der Waals surface area contributed by atoms with E-state index >= 15 is 0 Å². The molecule has 4 heteroatoms.